The number of halogens is 2. The Labute approximate surface area is 187 Å². The average molecular weight is 467 g/mol. The molecule has 0 amide bonds. The quantitative estimate of drug-likeness (QED) is 0.314. The van der Waals surface area contributed by atoms with Gasteiger partial charge in [0, 0.05) is 35.0 Å². The summed E-state index contributed by atoms with van der Waals surface area (Å²) in [6.07, 6.45) is 2.89. The van der Waals surface area contributed by atoms with E-state index in [1.165, 1.54) is 41.9 Å². The zero-order chi connectivity index (χ0) is 22.5. The van der Waals surface area contributed by atoms with Gasteiger partial charge in [0.1, 0.15) is 11.6 Å². The number of aromatic nitrogens is 2. The van der Waals surface area contributed by atoms with E-state index in [-0.39, 0.29) is 16.1 Å². The molecule has 8 heteroatoms. The van der Waals surface area contributed by atoms with Gasteiger partial charge >= 0.3 is 0 Å². The molecule has 2 aromatic carbocycles. The molecule has 3 heterocycles. The number of fused-ring (bicyclic) bond motifs is 1. The first-order valence-corrected chi connectivity index (χ1v) is 12.0. The predicted molar refractivity (Wildman–Crippen MR) is 122 cm³/mol. The van der Waals surface area contributed by atoms with Crippen molar-refractivity contribution in [2.45, 2.75) is 11.8 Å². The first kappa shape index (κ1) is 20.5. The van der Waals surface area contributed by atoms with Crippen molar-refractivity contribution in [2.24, 2.45) is 0 Å². The fourth-order valence-electron chi connectivity index (χ4n) is 3.70. The topological polar surface area (TPSA) is 52.0 Å². The van der Waals surface area contributed by atoms with Crippen molar-refractivity contribution >= 4 is 32.4 Å². The van der Waals surface area contributed by atoms with Gasteiger partial charge in [-0.1, -0.05) is 17.7 Å². The summed E-state index contributed by atoms with van der Waals surface area (Å²) in [7, 11) is -4.02. The molecule has 0 bridgehead atoms. The fraction of sp³-hybridized carbons (Fsp3) is 0.0417. The van der Waals surface area contributed by atoms with E-state index in [4.69, 9.17) is 0 Å². The molecule has 0 aliphatic heterocycles. The molecule has 0 N–H and O–H groups in total. The van der Waals surface area contributed by atoms with Crippen LogP contribution in [-0.4, -0.2) is 17.4 Å². The minimum atomic E-state index is -4.02. The Morgan fingerprint density at radius 3 is 2.41 bits per heavy atom. The van der Waals surface area contributed by atoms with Crippen LogP contribution in [-0.2, 0) is 10.0 Å². The molecule has 0 radical (unpaired) electrons. The van der Waals surface area contributed by atoms with E-state index in [1.54, 1.807) is 18.2 Å². The van der Waals surface area contributed by atoms with Crippen molar-refractivity contribution in [1.29, 1.82) is 0 Å². The summed E-state index contributed by atoms with van der Waals surface area (Å²) in [4.78, 5) is 4.44. The van der Waals surface area contributed by atoms with E-state index >= 15 is 0 Å². The summed E-state index contributed by atoms with van der Waals surface area (Å²) < 4.78 is 56.5. The predicted octanol–water partition coefficient (Wildman–Crippen LogP) is 6.26. The van der Waals surface area contributed by atoms with Crippen LogP contribution in [0.25, 0.3) is 33.3 Å². The molecule has 5 aromatic rings. The van der Waals surface area contributed by atoms with Crippen LogP contribution in [0.2, 0.25) is 0 Å². The maximum atomic E-state index is 14.8. The second-order valence-electron chi connectivity index (χ2n) is 7.35. The first-order valence-electron chi connectivity index (χ1n) is 9.66. The lowest BCUT2D eigenvalue weighted by Gasteiger charge is -2.08. The highest BCUT2D eigenvalue weighted by atomic mass is 32.2. The molecule has 3 aromatic heterocycles. The zero-order valence-electron chi connectivity index (χ0n) is 16.8. The molecule has 0 saturated heterocycles. The minimum absolute atomic E-state index is 0.0915. The van der Waals surface area contributed by atoms with Crippen LogP contribution >= 0.6 is 11.3 Å². The van der Waals surface area contributed by atoms with Crippen LogP contribution < -0.4 is 0 Å². The van der Waals surface area contributed by atoms with Gasteiger partial charge in [-0.05, 0) is 65.2 Å². The maximum absolute atomic E-state index is 14.8. The van der Waals surface area contributed by atoms with Crippen LogP contribution in [0.3, 0.4) is 0 Å². The molecule has 0 unspecified atom stereocenters. The first-order chi connectivity index (χ1) is 15.4. The summed E-state index contributed by atoms with van der Waals surface area (Å²) in [5.74, 6) is -1.49. The highest BCUT2D eigenvalue weighted by Gasteiger charge is 2.25. The summed E-state index contributed by atoms with van der Waals surface area (Å²) >= 11 is 1.49. The number of nitrogens with zero attached hydrogens (tertiary/aromatic N) is 2. The molecule has 0 aliphatic carbocycles. The van der Waals surface area contributed by atoms with Crippen molar-refractivity contribution in [3.05, 3.63) is 94.9 Å². The fourth-order valence-corrected chi connectivity index (χ4v) is 5.68. The van der Waals surface area contributed by atoms with E-state index in [1.807, 2.05) is 23.8 Å². The monoisotopic (exact) mass is 466 g/mol. The number of hydrogen-bond acceptors (Lipinski definition) is 4. The Balaban J connectivity index is 1.86. The number of pyridine rings is 1. The van der Waals surface area contributed by atoms with E-state index in [2.05, 4.69) is 4.98 Å². The molecule has 0 spiro atoms. The Morgan fingerprint density at radius 2 is 1.72 bits per heavy atom. The number of hydrogen-bond donors (Lipinski definition) is 0. The van der Waals surface area contributed by atoms with Crippen molar-refractivity contribution in [3.63, 3.8) is 0 Å². The van der Waals surface area contributed by atoms with Crippen molar-refractivity contribution < 1.29 is 17.2 Å². The van der Waals surface area contributed by atoms with Gasteiger partial charge in [0.25, 0.3) is 10.0 Å². The highest BCUT2D eigenvalue weighted by molar-refractivity contribution is 7.90. The van der Waals surface area contributed by atoms with Crippen molar-refractivity contribution in [1.82, 2.24) is 8.96 Å². The van der Waals surface area contributed by atoms with Gasteiger partial charge in [-0.15, -0.1) is 0 Å². The highest BCUT2D eigenvalue weighted by Crippen LogP contribution is 2.39. The van der Waals surface area contributed by atoms with Crippen LogP contribution in [0.4, 0.5) is 8.78 Å². The lowest BCUT2D eigenvalue weighted by Crippen LogP contribution is -2.12. The second-order valence-corrected chi connectivity index (χ2v) is 9.94. The third-order valence-electron chi connectivity index (χ3n) is 5.29. The molecule has 0 atom stereocenters. The smallest absolute Gasteiger partial charge is 0.237 e. The van der Waals surface area contributed by atoms with E-state index in [0.717, 1.165) is 27.2 Å². The van der Waals surface area contributed by atoms with Crippen molar-refractivity contribution in [3.8, 4) is 22.3 Å². The van der Waals surface area contributed by atoms with Gasteiger partial charge in [0.2, 0.25) is 0 Å². The largest absolute Gasteiger partial charge is 0.269 e. The molecule has 4 nitrogen and oxygen atoms in total. The second kappa shape index (κ2) is 7.65. The normalized spacial score (nSPS) is 11.8. The lowest BCUT2D eigenvalue weighted by molar-refractivity contribution is 0.584. The molecular weight excluding hydrogens is 450 g/mol. The summed E-state index contributed by atoms with van der Waals surface area (Å²) in [6.45, 7) is 1.87. The van der Waals surface area contributed by atoms with Crippen LogP contribution in [0, 0.1) is 18.6 Å². The number of benzene rings is 2. The van der Waals surface area contributed by atoms with E-state index in [9.17, 15) is 17.2 Å². The number of rotatable bonds is 4. The Kier molecular flexibility index (Phi) is 4.91. The van der Waals surface area contributed by atoms with E-state index < -0.39 is 21.7 Å². The number of thiophene rings is 1. The van der Waals surface area contributed by atoms with Gasteiger partial charge in [-0.25, -0.2) is 26.2 Å². The maximum Gasteiger partial charge on any atom is 0.269 e. The molecule has 0 aliphatic rings. The van der Waals surface area contributed by atoms with E-state index in [0.29, 0.717) is 16.5 Å². The molecule has 32 heavy (non-hydrogen) atoms. The summed E-state index contributed by atoms with van der Waals surface area (Å²) in [5.41, 5.74) is 3.09. The Hall–Kier alpha value is -3.36. The van der Waals surface area contributed by atoms with Crippen LogP contribution in [0.1, 0.15) is 5.56 Å². The zero-order valence-corrected chi connectivity index (χ0v) is 18.4. The van der Waals surface area contributed by atoms with Crippen molar-refractivity contribution in [2.75, 3.05) is 0 Å². The molecule has 0 fully saturated rings. The summed E-state index contributed by atoms with van der Waals surface area (Å²) in [5, 5.41) is 4.30. The Bertz CT molecular complexity index is 1560. The third-order valence-corrected chi connectivity index (χ3v) is 7.63. The summed E-state index contributed by atoms with van der Waals surface area (Å²) in [6, 6.07) is 13.4. The van der Waals surface area contributed by atoms with Crippen LogP contribution in [0.15, 0.2) is 82.6 Å². The van der Waals surface area contributed by atoms with Gasteiger partial charge in [0.05, 0.1) is 4.90 Å². The standard InChI is InChI=1S/C24H16F2N2O2S2/c1-15-2-5-18(6-3-15)32(29,30)28-13-21(20-7-4-17(25)12-22(20)26)23-19(8-10-27-24(23)28)16-9-11-31-14-16/h2-14H,1H3. The van der Waals surface area contributed by atoms with Gasteiger partial charge in [-0.2, -0.15) is 11.3 Å². The van der Waals surface area contributed by atoms with Gasteiger partial charge in [-0.3, -0.25) is 0 Å². The third kappa shape index (κ3) is 3.32. The SMILES string of the molecule is Cc1ccc(S(=O)(=O)n2cc(-c3ccc(F)cc3F)c3c(-c4ccsc4)ccnc32)cc1. The van der Waals surface area contributed by atoms with Gasteiger partial charge < -0.3 is 0 Å². The Morgan fingerprint density at radius 1 is 0.938 bits per heavy atom. The molecule has 160 valence electrons. The molecular formula is C24H16F2N2O2S2. The van der Waals surface area contributed by atoms with Crippen LogP contribution in [0.5, 0.6) is 0 Å². The number of aryl methyl sites for hydroxylation is 1. The molecule has 0 saturated carbocycles. The molecule has 5 rings (SSSR count). The minimum Gasteiger partial charge on any atom is -0.237 e. The average Bonchev–Trinajstić information content (AvgIpc) is 3.43. The van der Waals surface area contributed by atoms with Gasteiger partial charge in [0.15, 0.2) is 5.65 Å². The lowest BCUT2D eigenvalue weighted by atomic mass is 9.99.